The van der Waals surface area contributed by atoms with Crippen LogP contribution >= 0.6 is 0 Å². The molecule has 1 saturated carbocycles. The molecule has 2 fully saturated rings. The Morgan fingerprint density at radius 3 is 2.33 bits per heavy atom. The second kappa shape index (κ2) is 5.02. The Bertz CT molecular complexity index is 403. The van der Waals surface area contributed by atoms with Crippen molar-refractivity contribution < 1.29 is 0 Å². The van der Waals surface area contributed by atoms with Crippen LogP contribution < -0.4 is 5.73 Å². The second-order valence-electron chi connectivity index (χ2n) is 6.14. The van der Waals surface area contributed by atoms with Gasteiger partial charge in [0, 0.05) is 12.1 Å². The average molecular weight is 244 g/mol. The molecule has 2 aliphatic rings. The summed E-state index contributed by atoms with van der Waals surface area (Å²) in [7, 11) is 0. The monoisotopic (exact) mass is 244 g/mol. The van der Waals surface area contributed by atoms with Gasteiger partial charge in [-0.05, 0) is 56.3 Å². The Hall–Kier alpha value is -0.860. The minimum Gasteiger partial charge on any atom is -0.325 e. The summed E-state index contributed by atoms with van der Waals surface area (Å²) in [5.41, 5.74) is 9.36. The van der Waals surface area contributed by atoms with Crippen molar-refractivity contribution >= 4 is 0 Å². The fourth-order valence-corrected chi connectivity index (χ4v) is 2.96. The van der Waals surface area contributed by atoms with Crippen LogP contribution in [-0.4, -0.2) is 23.5 Å². The molecule has 1 heterocycles. The molecule has 3 rings (SSSR count). The number of nitrogens with zero attached hydrogens (tertiary/aromatic N) is 1. The summed E-state index contributed by atoms with van der Waals surface area (Å²) in [5, 5.41) is 0. The third kappa shape index (κ3) is 2.93. The molecule has 1 aliphatic heterocycles. The number of piperidine rings is 1. The molecular formula is C16H24N2. The van der Waals surface area contributed by atoms with E-state index in [-0.39, 0.29) is 5.54 Å². The fraction of sp³-hybridized carbons (Fsp3) is 0.625. The van der Waals surface area contributed by atoms with E-state index < -0.39 is 0 Å². The standard InChI is InChI=1S/C16H24N2/c17-16(8-9-16)12-14-6-2-3-7-15(14)13-18-10-4-1-5-11-18/h2-3,6-7H,1,4-5,8-13,17H2. The van der Waals surface area contributed by atoms with Gasteiger partial charge in [-0.15, -0.1) is 0 Å². The second-order valence-corrected chi connectivity index (χ2v) is 6.14. The van der Waals surface area contributed by atoms with Gasteiger partial charge < -0.3 is 5.73 Å². The lowest BCUT2D eigenvalue weighted by molar-refractivity contribution is 0.220. The van der Waals surface area contributed by atoms with Crippen LogP contribution in [0, 0.1) is 0 Å². The zero-order chi connectivity index (χ0) is 12.4. The van der Waals surface area contributed by atoms with Crippen LogP contribution in [0.2, 0.25) is 0 Å². The van der Waals surface area contributed by atoms with E-state index in [1.54, 1.807) is 0 Å². The van der Waals surface area contributed by atoms with Gasteiger partial charge in [-0.1, -0.05) is 30.7 Å². The third-order valence-electron chi connectivity index (χ3n) is 4.40. The van der Waals surface area contributed by atoms with Crippen LogP contribution in [0.15, 0.2) is 24.3 Å². The van der Waals surface area contributed by atoms with E-state index in [2.05, 4.69) is 29.2 Å². The Balaban J connectivity index is 1.69. The van der Waals surface area contributed by atoms with Gasteiger partial charge in [0.25, 0.3) is 0 Å². The first-order valence-electron chi connectivity index (χ1n) is 7.33. The van der Waals surface area contributed by atoms with Crippen molar-refractivity contribution in [3.05, 3.63) is 35.4 Å². The van der Waals surface area contributed by atoms with E-state index in [1.165, 1.54) is 56.3 Å². The molecule has 0 bridgehead atoms. The smallest absolute Gasteiger partial charge is 0.0236 e. The van der Waals surface area contributed by atoms with Gasteiger partial charge in [0.15, 0.2) is 0 Å². The number of rotatable bonds is 4. The predicted octanol–water partition coefficient (Wildman–Crippen LogP) is 2.71. The van der Waals surface area contributed by atoms with Crippen molar-refractivity contribution in [1.82, 2.24) is 4.90 Å². The van der Waals surface area contributed by atoms with Crippen LogP contribution in [0.5, 0.6) is 0 Å². The predicted molar refractivity (Wildman–Crippen MR) is 75.4 cm³/mol. The molecule has 1 aromatic rings. The Morgan fingerprint density at radius 2 is 1.67 bits per heavy atom. The van der Waals surface area contributed by atoms with Crippen LogP contribution in [0.3, 0.4) is 0 Å². The molecule has 2 heteroatoms. The molecule has 0 spiro atoms. The van der Waals surface area contributed by atoms with Crippen LogP contribution in [-0.2, 0) is 13.0 Å². The summed E-state index contributed by atoms with van der Waals surface area (Å²) in [5.74, 6) is 0. The molecule has 0 amide bonds. The van der Waals surface area contributed by atoms with E-state index >= 15 is 0 Å². The number of nitrogens with two attached hydrogens (primary N) is 1. The molecule has 2 nitrogen and oxygen atoms in total. The minimum absolute atomic E-state index is 0.123. The van der Waals surface area contributed by atoms with Gasteiger partial charge in [-0.3, -0.25) is 4.90 Å². The lowest BCUT2D eigenvalue weighted by Gasteiger charge is -2.27. The van der Waals surface area contributed by atoms with Gasteiger partial charge >= 0.3 is 0 Å². The highest BCUT2D eigenvalue weighted by molar-refractivity contribution is 5.30. The molecule has 0 unspecified atom stereocenters. The SMILES string of the molecule is NC1(Cc2ccccc2CN2CCCCC2)CC1. The molecule has 0 radical (unpaired) electrons. The topological polar surface area (TPSA) is 29.3 Å². The van der Waals surface area contributed by atoms with Gasteiger partial charge in [0.2, 0.25) is 0 Å². The largest absolute Gasteiger partial charge is 0.325 e. The molecule has 0 atom stereocenters. The Kier molecular flexibility index (Phi) is 3.40. The van der Waals surface area contributed by atoms with E-state index in [0.717, 1.165) is 13.0 Å². The summed E-state index contributed by atoms with van der Waals surface area (Å²) in [6.07, 6.45) is 7.60. The van der Waals surface area contributed by atoms with Crippen LogP contribution in [0.4, 0.5) is 0 Å². The average Bonchev–Trinajstić information content (AvgIpc) is 3.11. The number of benzene rings is 1. The van der Waals surface area contributed by atoms with Gasteiger partial charge in [-0.2, -0.15) is 0 Å². The van der Waals surface area contributed by atoms with E-state index in [0.29, 0.717) is 0 Å². The van der Waals surface area contributed by atoms with Gasteiger partial charge in [0.05, 0.1) is 0 Å². The zero-order valence-corrected chi connectivity index (χ0v) is 11.2. The third-order valence-corrected chi connectivity index (χ3v) is 4.40. The maximum atomic E-state index is 6.27. The van der Waals surface area contributed by atoms with Crippen LogP contribution in [0.1, 0.15) is 43.2 Å². The van der Waals surface area contributed by atoms with E-state index in [4.69, 9.17) is 5.73 Å². The first kappa shape index (κ1) is 12.2. The van der Waals surface area contributed by atoms with E-state index in [9.17, 15) is 0 Å². The lowest BCUT2D eigenvalue weighted by atomic mass is 9.98. The normalized spacial score (nSPS) is 22.9. The van der Waals surface area contributed by atoms with Crippen molar-refractivity contribution in [3.8, 4) is 0 Å². The molecule has 18 heavy (non-hydrogen) atoms. The van der Waals surface area contributed by atoms with Gasteiger partial charge in [0.1, 0.15) is 0 Å². The molecule has 0 aromatic heterocycles. The van der Waals surface area contributed by atoms with E-state index in [1.807, 2.05) is 0 Å². The summed E-state index contributed by atoms with van der Waals surface area (Å²) >= 11 is 0. The molecule has 1 aromatic carbocycles. The summed E-state index contributed by atoms with van der Waals surface area (Å²) < 4.78 is 0. The lowest BCUT2D eigenvalue weighted by Crippen LogP contribution is -2.30. The fourth-order valence-electron chi connectivity index (χ4n) is 2.96. The number of likely N-dealkylation sites (tertiary alicyclic amines) is 1. The highest BCUT2D eigenvalue weighted by Crippen LogP contribution is 2.36. The summed E-state index contributed by atoms with van der Waals surface area (Å²) in [6.45, 7) is 3.65. The first-order valence-corrected chi connectivity index (χ1v) is 7.33. The van der Waals surface area contributed by atoms with Gasteiger partial charge in [-0.25, -0.2) is 0 Å². The highest BCUT2D eigenvalue weighted by Gasteiger charge is 2.38. The van der Waals surface area contributed by atoms with Crippen molar-refractivity contribution in [2.24, 2.45) is 5.73 Å². The first-order chi connectivity index (χ1) is 8.75. The molecule has 1 saturated heterocycles. The molecule has 98 valence electrons. The van der Waals surface area contributed by atoms with Crippen molar-refractivity contribution in [1.29, 1.82) is 0 Å². The molecule has 2 N–H and O–H groups in total. The molecule has 1 aliphatic carbocycles. The maximum Gasteiger partial charge on any atom is 0.0236 e. The van der Waals surface area contributed by atoms with Crippen LogP contribution in [0.25, 0.3) is 0 Å². The van der Waals surface area contributed by atoms with Crippen molar-refractivity contribution in [3.63, 3.8) is 0 Å². The van der Waals surface area contributed by atoms with Crippen molar-refractivity contribution in [2.75, 3.05) is 13.1 Å². The van der Waals surface area contributed by atoms with Crippen molar-refractivity contribution in [2.45, 2.75) is 50.6 Å². The Morgan fingerprint density at radius 1 is 1.00 bits per heavy atom. The summed E-state index contributed by atoms with van der Waals surface area (Å²) in [4.78, 5) is 2.60. The highest BCUT2D eigenvalue weighted by atomic mass is 15.1. The quantitative estimate of drug-likeness (QED) is 0.882. The maximum absolute atomic E-state index is 6.27. The number of hydrogen-bond donors (Lipinski definition) is 1. The zero-order valence-electron chi connectivity index (χ0n) is 11.2. The molecular weight excluding hydrogens is 220 g/mol. The Labute approximate surface area is 110 Å². The number of hydrogen-bond acceptors (Lipinski definition) is 2. The minimum atomic E-state index is 0.123. The summed E-state index contributed by atoms with van der Waals surface area (Å²) in [6, 6.07) is 8.88.